The number of rotatable bonds is 8. The second-order valence-corrected chi connectivity index (χ2v) is 7.33. The summed E-state index contributed by atoms with van der Waals surface area (Å²) in [6.07, 6.45) is 0. The molecule has 0 fully saturated rings. The maximum atomic E-state index is 12.2. The molecule has 2 aromatic carbocycles. The van der Waals surface area contributed by atoms with Crippen molar-refractivity contribution in [1.29, 1.82) is 5.26 Å². The van der Waals surface area contributed by atoms with E-state index in [9.17, 15) is 9.59 Å². The molecule has 29 heavy (non-hydrogen) atoms. The molecule has 1 N–H and O–H groups in total. The first kappa shape index (κ1) is 22.3. The molecular weight excluding hydrogens is 386 g/mol. The molecule has 0 unspecified atom stereocenters. The molecule has 6 nitrogen and oxygen atoms in total. The van der Waals surface area contributed by atoms with Crippen molar-refractivity contribution in [2.24, 2.45) is 0 Å². The molecule has 0 aliphatic carbocycles. The maximum Gasteiger partial charge on any atom is 0.338 e. The number of amides is 1. The number of aryl methyl sites for hydroxylation is 2. The molecule has 0 saturated heterocycles. The highest BCUT2D eigenvalue weighted by Crippen LogP contribution is 2.27. The molecule has 0 aliphatic rings. The number of esters is 1. The molecule has 0 aliphatic heterocycles. The Morgan fingerprint density at radius 1 is 1.10 bits per heavy atom. The minimum Gasteiger partial charge on any atom is -0.452 e. The number of carbonyl (C=O) groups is 2. The van der Waals surface area contributed by atoms with E-state index in [1.807, 2.05) is 43.5 Å². The monoisotopic (exact) mass is 411 g/mol. The van der Waals surface area contributed by atoms with Gasteiger partial charge in [-0.15, -0.1) is 0 Å². The van der Waals surface area contributed by atoms with Crippen molar-refractivity contribution in [3.8, 4) is 5.40 Å². The van der Waals surface area contributed by atoms with E-state index in [4.69, 9.17) is 10.00 Å². The van der Waals surface area contributed by atoms with Crippen molar-refractivity contribution in [2.45, 2.75) is 32.6 Å². The van der Waals surface area contributed by atoms with Crippen molar-refractivity contribution in [3.63, 3.8) is 0 Å². The molecule has 7 heteroatoms. The fraction of sp³-hybridized carbons (Fsp3) is 0.318. The number of nitrogens with zero attached hydrogens (tertiary/aromatic N) is 2. The lowest BCUT2D eigenvalue weighted by molar-refractivity contribution is -0.119. The Labute approximate surface area is 175 Å². The van der Waals surface area contributed by atoms with Crippen LogP contribution in [0.25, 0.3) is 0 Å². The lowest BCUT2D eigenvalue weighted by Gasteiger charge is -2.20. The maximum absolute atomic E-state index is 12.2. The average Bonchev–Trinajstić information content (AvgIpc) is 2.70. The molecule has 0 radical (unpaired) electrons. The minimum absolute atomic E-state index is 0.371. The number of ether oxygens (including phenoxy) is 1. The van der Waals surface area contributed by atoms with Crippen LogP contribution in [0.4, 0.5) is 11.4 Å². The standard InChI is InChI=1S/C22H25N3O3S/c1-5-25(6-2)18-9-7-17(8-10-18)22(27)28-13-20(26)24-21-15(3)11-19(29-14-23)12-16(21)4/h7-12H,5-6,13H2,1-4H3,(H,24,26). The van der Waals surface area contributed by atoms with E-state index in [1.54, 1.807) is 12.1 Å². The van der Waals surface area contributed by atoms with Gasteiger partial charge in [0.25, 0.3) is 5.91 Å². The van der Waals surface area contributed by atoms with E-state index in [0.29, 0.717) is 11.3 Å². The van der Waals surface area contributed by atoms with Crippen LogP contribution in [0.2, 0.25) is 0 Å². The molecule has 0 bridgehead atoms. The zero-order valence-electron chi connectivity index (χ0n) is 17.1. The Bertz CT molecular complexity index is 893. The van der Waals surface area contributed by atoms with Crippen LogP contribution in [0.1, 0.15) is 35.3 Å². The number of nitrogens with one attached hydrogen (secondary N) is 1. The van der Waals surface area contributed by atoms with Crippen LogP contribution in [0.15, 0.2) is 41.3 Å². The van der Waals surface area contributed by atoms with Gasteiger partial charge in [0.1, 0.15) is 5.40 Å². The van der Waals surface area contributed by atoms with Crippen LogP contribution < -0.4 is 10.2 Å². The third-order valence-corrected chi connectivity index (χ3v) is 5.06. The summed E-state index contributed by atoms with van der Waals surface area (Å²) in [6.45, 7) is 9.25. The average molecular weight is 412 g/mol. The number of hydrogen-bond donors (Lipinski definition) is 1. The summed E-state index contributed by atoms with van der Waals surface area (Å²) < 4.78 is 5.15. The number of hydrogen-bond acceptors (Lipinski definition) is 6. The molecule has 2 rings (SSSR count). The fourth-order valence-electron chi connectivity index (χ4n) is 3.02. The summed E-state index contributed by atoms with van der Waals surface area (Å²) in [7, 11) is 0. The van der Waals surface area contributed by atoms with E-state index in [0.717, 1.165) is 46.6 Å². The number of thiocyanates is 1. The Hall–Kier alpha value is -2.98. The van der Waals surface area contributed by atoms with Gasteiger partial charge in [0, 0.05) is 29.4 Å². The molecule has 1 amide bonds. The lowest BCUT2D eigenvalue weighted by Crippen LogP contribution is -2.22. The zero-order valence-corrected chi connectivity index (χ0v) is 17.9. The Morgan fingerprint density at radius 3 is 2.21 bits per heavy atom. The molecular formula is C22H25N3O3S. The normalized spacial score (nSPS) is 10.2. The van der Waals surface area contributed by atoms with Crippen molar-refractivity contribution in [3.05, 3.63) is 53.1 Å². The Kier molecular flexibility index (Phi) is 8.10. The number of anilines is 2. The number of carbonyl (C=O) groups excluding carboxylic acids is 2. The van der Waals surface area contributed by atoms with Gasteiger partial charge in [-0.2, -0.15) is 5.26 Å². The van der Waals surface area contributed by atoms with Crippen LogP contribution >= 0.6 is 11.8 Å². The predicted octanol–water partition coefficient (Wildman–Crippen LogP) is 4.52. The highest BCUT2D eigenvalue weighted by Gasteiger charge is 2.13. The molecule has 0 aromatic heterocycles. The van der Waals surface area contributed by atoms with Crippen molar-refractivity contribution in [2.75, 3.05) is 29.9 Å². The van der Waals surface area contributed by atoms with Gasteiger partial charge in [0.05, 0.1) is 5.56 Å². The summed E-state index contributed by atoms with van der Waals surface area (Å²) in [4.78, 5) is 27.4. The number of nitriles is 1. The molecule has 0 heterocycles. The molecule has 2 aromatic rings. The van der Waals surface area contributed by atoms with Crippen molar-refractivity contribution >= 4 is 35.0 Å². The summed E-state index contributed by atoms with van der Waals surface area (Å²) in [5.74, 6) is -0.953. The van der Waals surface area contributed by atoms with Crippen molar-refractivity contribution in [1.82, 2.24) is 0 Å². The highest BCUT2D eigenvalue weighted by molar-refractivity contribution is 8.03. The van der Waals surface area contributed by atoms with Crippen LogP contribution in [0.3, 0.4) is 0 Å². The van der Waals surface area contributed by atoms with Crippen LogP contribution in [0, 0.1) is 24.5 Å². The first-order valence-corrected chi connectivity index (χ1v) is 10.2. The number of thioether (sulfide) groups is 1. The molecule has 152 valence electrons. The van der Waals surface area contributed by atoms with Crippen LogP contribution in [0.5, 0.6) is 0 Å². The smallest absolute Gasteiger partial charge is 0.338 e. The third kappa shape index (κ3) is 6.00. The van der Waals surface area contributed by atoms with Gasteiger partial charge in [-0.25, -0.2) is 4.79 Å². The summed E-state index contributed by atoms with van der Waals surface area (Å²) in [5, 5.41) is 13.6. The molecule has 0 spiro atoms. The van der Waals surface area contributed by atoms with E-state index in [-0.39, 0.29) is 6.61 Å². The topological polar surface area (TPSA) is 82.4 Å². The first-order valence-electron chi connectivity index (χ1n) is 9.38. The predicted molar refractivity (Wildman–Crippen MR) is 116 cm³/mol. The van der Waals surface area contributed by atoms with E-state index < -0.39 is 11.9 Å². The lowest BCUT2D eigenvalue weighted by atomic mass is 10.1. The Morgan fingerprint density at radius 2 is 1.69 bits per heavy atom. The van der Waals surface area contributed by atoms with Gasteiger partial charge in [-0.3, -0.25) is 4.79 Å². The largest absolute Gasteiger partial charge is 0.452 e. The van der Waals surface area contributed by atoms with E-state index in [2.05, 4.69) is 24.1 Å². The van der Waals surface area contributed by atoms with E-state index >= 15 is 0 Å². The van der Waals surface area contributed by atoms with Crippen LogP contribution in [-0.2, 0) is 9.53 Å². The minimum atomic E-state index is -0.541. The Balaban J connectivity index is 1.95. The zero-order chi connectivity index (χ0) is 21.4. The summed E-state index contributed by atoms with van der Waals surface area (Å²) in [6, 6.07) is 10.8. The first-order chi connectivity index (χ1) is 13.9. The SMILES string of the molecule is CCN(CC)c1ccc(C(=O)OCC(=O)Nc2c(C)cc(SC#N)cc2C)cc1. The second kappa shape index (κ2) is 10.5. The number of benzene rings is 2. The molecule has 0 atom stereocenters. The molecule has 0 saturated carbocycles. The van der Waals surface area contributed by atoms with E-state index in [1.165, 1.54) is 0 Å². The fourth-order valence-corrected chi connectivity index (χ4v) is 3.60. The van der Waals surface area contributed by atoms with Crippen LogP contribution in [-0.4, -0.2) is 31.6 Å². The van der Waals surface area contributed by atoms with Gasteiger partial charge in [-0.1, -0.05) is 0 Å². The van der Waals surface area contributed by atoms with Gasteiger partial charge in [0.2, 0.25) is 0 Å². The van der Waals surface area contributed by atoms with Gasteiger partial charge < -0.3 is 15.0 Å². The van der Waals surface area contributed by atoms with Gasteiger partial charge >= 0.3 is 5.97 Å². The van der Waals surface area contributed by atoms with Gasteiger partial charge in [0.15, 0.2) is 6.61 Å². The second-order valence-electron chi connectivity index (χ2n) is 6.47. The van der Waals surface area contributed by atoms with Crippen molar-refractivity contribution < 1.29 is 14.3 Å². The third-order valence-electron chi connectivity index (χ3n) is 4.50. The summed E-state index contributed by atoms with van der Waals surface area (Å²) >= 11 is 1.07. The summed E-state index contributed by atoms with van der Waals surface area (Å²) in [5.41, 5.74) is 3.79. The quantitative estimate of drug-likeness (QED) is 0.391. The van der Waals surface area contributed by atoms with Gasteiger partial charge in [-0.05, 0) is 87.0 Å². The highest BCUT2D eigenvalue weighted by atomic mass is 32.2.